The maximum Gasteiger partial charge on any atom is 0.0462 e. The minimum atomic E-state index is 1.08. The van der Waals surface area contributed by atoms with Crippen LogP contribution in [0.3, 0.4) is 0 Å². The molecular weight excluding hydrogens is 1880 g/mol. The van der Waals surface area contributed by atoms with Crippen LogP contribution in [0.5, 0.6) is 0 Å². The third-order valence-electron chi connectivity index (χ3n) is 24.4. The highest BCUT2D eigenvalue weighted by Gasteiger charge is 2.24. The molecule has 0 aliphatic rings. The number of thiophene rings is 12. The molecule has 0 unspecified atom stereocenters. The van der Waals surface area contributed by atoms with E-state index in [9.17, 15) is 0 Å². The van der Waals surface area contributed by atoms with Gasteiger partial charge in [0.2, 0.25) is 0 Å². The molecule has 136 heavy (non-hydrogen) atoms. The molecule has 4 nitrogen and oxygen atoms in total. The van der Waals surface area contributed by atoms with Gasteiger partial charge in [-0.25, -0.2) is 0 Å². The van der Waals surface area contributed by atoms with Crippen LogP contribution in [0.2, 0.25) is 0 Å². The summed E-state index contributed by atoms with van der Waals surface area (Å²) in [6.07, 6.45) is 0. The van der Waals surface area contributed by atoms with E-state index in [0.717, 1.165) is 68.2 Å². The largest absolute Gasteiger partial charge is 0.311 e. The Balaban J connectivity index is 0.490. The van der Waals surface area contributed by atoms with Crippen molar-refractivity contribution < 1.29 is 0 Å². The van der Waals surface area contributed by atoms with Gasteiger partial charge in [0.05, 0.1) is 0 Å². The first-order valence-corrected chi connectivity index (χ1v) is 54.8. The SMILES string of the molecule is c1csc(-c2ccc(N(c3ccc(-c4cccs4)cc3)c3ccc(-c4ccc(-c5ccc(-c6ccc(N(c7ccc(-c8ccc(-c9ccc(-c%10ccc(N(c%11ccc(-c%12cccs%12)cc%11)c%11ccc(-c%12cccs%12)cc%11)cc%10)s9)s8)cc7)c7ccc(-c8ccc(-c9ccc(-c%10ccc(N(c%11ccc(-c%12cccs%12)cc%11)c%11ccc(-c%12cccs%12)cc%11)cc%10)s9)s8)cc7)cc6)s5)s4)cc3)cc2)c1. The van der Waals surface area contributed by atoms with E-state index in [1.807, 2.05) is 68.0 Å². The van der Waals surface area contributed by atoms with Gasteiger partial charge in [-0.15, -0.1) is 136 Å². The number of hydrogen-bond acceptors (Lipinski definition) is 16. The lowest BCUT2D eigenvalue weighted by atomic mass is 10.1. The zero-order valence-electron chi connectivity index (χ0n) is 72.7. The van der Waals surface area contributed by atoms with Crippen molar-refractivity contribution in [3.63, 3.8) is 0 Å². The maximum atomic E-state index is 2.40. The summed E-state index contributed by atoms with van der Waals surface area (Å²) in [6.45, 7) is 0. The van der Waals surface area contributed by atoms with Crippen LogP contribution in [0.25, 0.3) is 155 Å². The quantitative estimate of drug-likeness (QED) is 0.0509. The number of rotatable bonds is 27. The molecule has 0 saturated heterocycles. The Morgan fingerprint density at radius 3 is 0.301 bits per heavy atom. The molecule has 16 heteroatoms. The van der Waals surface area contributed by atoms with E-state index >= 15 is 0 Å². The molecule has 24 aromatic rings. The van der Waals surface area contributed by atoms with Gasteiger partial charge >= 0.3 is 0 Å². The monoisotopic (exact) mass is 1960 g/mol. The van der Waals surface area contributed by atoms with Crippen molar-refractivity contribution in [2.75, 3.05) is 19.6 Å². The molecule has 0 fully saturated rings. The molecule has 650 valence electrons. The Labute approximate surface area is 838 Å². The fraction of sp³-hybridized carbons (Fsp3) is 0. The standard InChI is InChI=1S/C120H78N4S12/c1-7-103(125-73-1)79-13-37-91(38-14-79)121(92-39-15-80(16-40-92)104-8-2-74-126-104)97-49-25-85(26-50-97)109-61-67-115(131-109)118-70-64-112(134-118)88-31-55-100(56-32-88)124(101-57-33-89(34-58-101)113-65-71-119(135-113)116-68-62-110(132-116)86-27-51-98(52-28-86)122(93-41-17-81(18-42-93)105-9-3-75-127-105)94-43-19-82(20-44-94)106-10-4-76-128-106)102-59-35-90(36-60-102)114-66-72-120(136-114)117-69-63-111(133-117)87-29-53-99(54-30-87)123(95-45-21-83(22-46-95)107-11-5-77-129-107)96-47-23-84(24-48-96)108-12-6-78-130-108/h1-78H. The Hall–Kier alpha value is -13.8. The van der Waals surface area contributed by atoms with E-state index < -0.39 is 0 Å². The lowest BCUT2D eigenvalue weighted by Gasteiger charge is -2.26. The van der Waals surface area contributed by atoms with Gasteiger partial charge in [-0.1, -0.05) is 182 Å². The molecule has 0 aliphatic carbocycles. The molecule has 0 radical (unpaired) electrons. The first kappa shape index (κ1) is 85.2. The van der Waals surface area contributed by atoms with E-state index in [2.05, 4.69) is 489 Å². The summed E-state index contributed by atoms with van der Waals surface area (Å²) in [5, 5.41) is 12.8. The zero-order chi connectivity index (χ0) is 90.2. The van der Waals surface area contributed by atoms with Crippen molar-refractivity contribution in [3.8, 4) is 155 Å². The second-order valence-electron chi connectivity index (χ2n) is 32.8. The highest BCUT2D eigenvalue weighted by molar-refractivity contribution is 7.27. The molecule has 0 N–H and O–H groups in total. The van der Waals surface area contributed by atoms with Gasteiger partial charge in [-0.05, 0) is 354 Å². The molecule has 0 bridgehead atoms. The minimum Gasteiger partial charge on any atom is -0.311 e. The van der Waals surface area contributed by atoms with Crippen molar-refractivity contribution in [3.05, 3.63) is 469 Å². The van der Waals surface area contributed by atoms with Crippen LogP contribution in [0.4, 0.5) is 68.2 Å². The molecule has 12 aromatic heterocycles. The number of benzene rings is 12. The fourth-order valence-electron chi connectivity index (χ4n) is 17.5. The average Bonchev–Trinajstić information content (AvgIpc) is 1.81. The Morgan fingerprint density at radius 2 is 0.199 bits per heavy atom. The third-order valence-corrected chi connectivity index (χ3v) is 37.3. The van der Waals surface area contributed by atoms with Crippen LogP contribution in [0, 0.1) is 0 Å². The van der Waals surface area contributed by atoms with Gasteiger partial charge in [0.15, 0.2) is 0 Å². The predicted molar refractivity (Wildman–Crippen MR) is 601 cm³/mol. The van der Waals surface area contributed by atoms with Gasteiger partial charge in [-0.3, -0.25) is 0 Å². The van der Waals surface area contributed by atoms with Crippen molar-refractivity contribution >= 4 is 204 Å². The van der Waals surface area contributed by atoms with E-state index in [0.29, 0.717) is 0 Å². The molecule has 12 heterocycles. The summed E-state index contributed by atoms with van der Waals surface area (Å²) in [7, 11) is 0. The fourth-order valence-corrected chi connectivity index (χ4v) is 28.2. The van der Waals surface area contributed by atoms with Crippen molar-refractivity contribution in [2.24, 2.45) is 0 Å². The molecular formula is C120H78N4S12. The van der Waals surface area contributed by atoms with Crippen LogP contribution >= 0.6 is 136 Å². The average molecular weight is 1960 g/mol. The number of anilines is 12. The molecule has 0 atom stereocenters. The summed E-state index contributed by atoms with van der Waals surface area (Å²) in [5.74, 6) is 0. The van der Waals surface area contributed by atoms with Crippen LogP contribution < -0.4 is 19.6 Å². The van der Waals surface area contributed by atoms with E-state index in [-0.39, 0.29) is 0 Å². The van der Waals surface area contributed by atoms with Crippen LogP contribution in [0.15, 0.2) is 469 Å². The van der Waals surface area contributed by atoms with Crippen molar-refractivity contribution in [1.29, 1.82) is 0 Å². The van der Waals surface area contributed by atoms with Gasteiger partial charge in [0.1, 0.15) is 0 Å². The first-order valence-electron chi connectivity index (χ1n) is 44.6. The lowest BCUT2D eigenvalue weighted by molar-refractivity contribution is 1.28. The second kappa shape index (κ2) is 38.2. The molecule has 12 aromatic carbocycles. The Bertz CT molecular complexity index is 7090. The first-order chi connectivity index (χ1) is 67.3. The van der Waals surface area contributed by atoms with Gasteiger partial charge in [0.25, 0.3) is 0 Å². The lowest BCUT2D eigenvalue weighted by Crippen LogP contribution is -2.09. The number of hydrogen-bond donors (Lipinski definition) is 0. The van der Waals surface area contributed by atoms with Gasteiger partial charge in [0, 0.05) is 156 Å². The Morgan fingerprint density at radius 1 is 0.0956 bits per heavy atom. The molecule has 0 aliphatic heterocycles. The summed E-state index contributed by atoms with van der Waals surface area (Å²) in [5.41, 5.74) is 27.7. The summed E-state index contributed by atoms with van der Waals surface area (Å²) >= 11 is 21.7. The summed E-state index contributed by atoms with van der Waals surface area (Å²) < 4.78 is 0. The molecule has 0 spiro atoms. The van der Waals surface area contributed by atoms with Crippen LogP contribution in [-0.4, -0.2) is 0 Å². The van der Waals surface area contributed by atoms with Crippen LogP contribution in [0.1, 0.15) is 0 Å². The van der Waals surface area contributed by atoms with E-state index in [1.54, 1.807) is 68.0 Å². The zero-order valence-corrected chi connectivity index (χ0v) is 82.5. The van der Waals surface area contributed by atoms with Crippen LogP contribution in [-0.2, 0) is 0 Å². The normalized spacial score (nSPS) is 11.4. The smallest absolute Gasteiger partial charge is 0.0462 e. The van der Waals surface area contributed by atoms with Gasteiger partial charge < -0.3 is 19.6 Å². The predicted octanol–water partition coefficient (Wildman–Crippen LogP) is 41.3. The molecule has 0 saturated carbocycles. The summed E-state index contributed by atoms with van der Waals surface area (Å²) in [6, 6.07) is 162. The molecule has 0 amide bonds. The van der Waals surface area contributed by atoms with E-state index in [1.165, 1.54) is 155 Å². The maximum absolute atomic E-state index is 2.40. The highest BCUT2D eigenvalue weighted by Crippen LogP contribution is 2.51. The Kier molecular flexibility index (Phi) is 23.9. The highest BCUT2D eigenvalue weighted by atomic mass is 32.1. The van der Waals surface area contributed by atoms with Crippen molar-refractivity contribution in [2.45, 2.75) is 0 Å². The third kappa shape index (κ3) is 17.8. The van der Waals surface area contributed by atoms with E-state index in [4.69, 9.17) is 0 Å². The topological polar surface area (TPSA) is 13.0 Å². The van der Waals surface area contributed by atoms with Gasteiger partial charge in [-0.2, -0.15) is 0 Å². The number of nitrogens with zero attached hydrogens (tertiary/aromatic N) is 4. The van der Waals surface area contributed by atoms with Crippen molar-refractivity contribution in [1.82, 2.24) is 0 Å². The molecule has 24 rings (SSSR count). The summed E-state index contributed by atoms with van der Waals surface area (Å²) in [4.78, 5) is 32.0. The second-order valence-corrected chi connectivity index (χ2v) is 44.9. The minimum absolute atomic E-state index is 1.08.